The van der Waals surface area contributed by atoms with Crippen LogP contribution in [0.25, 0.3) is 0 Å². The Hall–Kier alpha value is -1.97. The number of benzene rings is 2. The molecule has 3 nitrogen and oxygen atoms in total. The van der Waals surface area contributed by atoms with Crippen molar-refractivity contribution in [1.82, 2.24) is 5.06 Å². The molecule has 0 spiro atoms. The Balaban J connectivity index is 2.44. The third-order valence-electron chi connectivity index (χ3n) is 4.74. The fourth-order valence-corrected chi connectivity index (χ4v) is 3.16. The highest BCUT2D eigenvalue weighted by Crippen LogP contribution is 2.31. The summed E-state index contributed by atoms with van der Waals surface area (Å²) in [6.45, 7) is 11.7. The summed E-state index contributed by atoms with van der Waals surface area (Å²) in [6.07, 6.45) is 0.511. The number of hydrogen-bond donors (Lipinski definition) is 0. The molecule has 0 N–H and O–H groups in total. The maximum atomic E-state index is 13.1. The van der Waals surface area contributed by atoms with Crippen molar-refractivity contribution in [2.24, 2.45) is 0 Å². The Kier molecular flexibility index (Phi) is 6.38. The van der Waals surface area contributed by atoms with E-state index in [2.05, 4.69) is 26.0 Å². The molecule has 1 atom stereocenters. The first-order chi connectivity index (χ1) is 12.1. The Bertz CT molecular complexity index is 742. The van der Waals surface area contributed by atoms with Crippen LogP contribution in [-0.4, -0.2) is 16.4 Å². The summed E-state index contributed by atoms with van der Waals surface area (Å²) in [7, 11) is 0. The van der Waals surface area contributed by atoms with E-state index < -0.39 is 5.54 Å². The largest absolute Gasteiger partial charge is 0.295 e. The molecule has 0 heterocycles. The van der Waals surface area contributed by atoms with Crippen molar-refractivity contribution < 1.29 is 10.0 Å². The van der Waals surface area contributed by atoms with Crippen LogP contribution in [0.15, 0.2) is 48.5 Å². The van der Waals surface area contributed by atoms with E-state index in [9.17, 15) is 10.0 Å². The number of ketones is 1. The molecule has 0 saturated carbocycles. The maximum absolute atomic E-state index is 13.1. The van der Waals surface area contributed by atoms with Crippen molar-refractivity contribution in [2.75, 3.05) is 0 Å². The molecule has 2 aromatic rings. The molecule has 0 aliphatic heterocycles. The molecule has 0 aliphatic carbocycles. The van der Waals surface area contributed by atoms with Gasteiger partial charge in [-0.15, -0.1) is 10.3 Å². The predicted octanol–water partition coefficient (Wildman–Crippen LogP) is 5.74. The summed E-state index contributed by atoms with van der Waals surface area (Å²) in [6, 6.07) is 15.5. The van der Waals surface area contributed by atoms with Gasteiger partial charge in [-0.05, 0) is 56.7 Å². The average Bonchev–Trinajstić information content (AvgIpc) is 2.58. The van der Waals surface area contributed by atoms with Crippen LogP contribution in [0.5, 0.6) is 0 Å². The number of hydroxylamine groups is 2. The Morgan fingerprint density at radius 1 is 0.962 bits per heavy atom. The molecule has 139 valence electrons. The maximum Gasteiger partial charge on any atom is 0.160 e. The standard InChI is InChI=1S/C23H30NO2/c1-16(2)18-11-13-19(14-12-18)22(24(26)23(4,5)6)15-20-9-7-8-10-21(20)17(3)25/h7-14,16,22H,15H2,1-6H3. The molecule has 3 heteroatoms. The van der Waals surface area contributed by atoms with Gasteiger partial charge in [0.2, 0.25) is 0 Å². The number of carbonyl (C=O) groups excluding carboxylic acids is 1. The third-order valence-corrected chi connectivity index (χ3v) is 4.74. The van der Waals surface area contributed by atoms with E-state index in [0.717, 1.165) is 16.2 Å². The number of carbonyl (C=O) groups is 1. The first kappa shape index (κ1) is 20.3. The molecule has 0 amide bonds. The normalized spacial score (nSPS) is 13.3. The fraction of sp³-hybridized carbons (Fsp3) is 0.435. The smallest absolute Gasteiger partial charge is 0.160 e. The van der Waals surface area contributed by atoms with Crippen molar-refractivity contribution in [1.29, 1.82) is 0 Å². The molecule has 0 fully saturated rings. The van der Waals surface area contributed by atoms with Crippen LogP contribution < -0.4 is 0 Å². The van der Waals surface area contributed by atoms with Gasteiger partial charge in [0.25, 0.3) is 0 Å². The van der Waals surface area contributed by atoms with E-state index in [1.807, 2.05) is 57.2 Å². The van der Waals surface area contributed by atoms with Crippen LogP contribution in [0.2, 0.25) is 0 Å². The van der Waals surface area contributed by atoms with Gasteiger partial charge in [0.1, 0.15) is 0 Å². The summed E-state index contributed by atoms with van der Waals surface area (Å²) in [5.41, 5.74) is 3.33. The minimum absolute atomic E-state index is 0.0303. The molecule has 2 rings (SSSR count). The Labute approximate surface area is 157 Å². The summed E-state index contributed by atoms with van der Waals surface area (Å²) in [5, 5.41) is 14.3. The summed E-state index contributed by atoms with van der Waals surface area (Å²) in [5.74, 6) is 0.481. The minimum atomic E-state index is -0.521. The van der Waals surface area contributed by atoms with Gasteiger partial charge in [0.05, 0.1) is 6.04 Å². The molecule has 2 aromatic carbocycles. The second-order valence-corrected chi connectivity index (χ2v) is 8.25. The van der Waals surface area contributed by atoms with Crippen LogP contribution in [0, 0.1) is 0 Å². The molecule has 1 radical (unpaired) electrons. The van der Waals surface area contributed by atoms with E-state index in [1.54, 1.807) is 6.92 Å². The van der Waals surface area contributed by atoms with E-state index in [1.165, 1.54) is 5.56 Å². The van der Waals surface area contributed by atoms with Gasteiger partial charge >= 0.3 is 0 Å². The third kappa shape index (κ3) is 4.80. The minimum Gasteiger partial charge on any atom is -0.295 e. The molecular formula is C23H30NO2. The van der Waals surface area contributed by atoms with E-state index in [4.69, 9.17) is 0 Å². The van der Waals surface area contributed by atoms with Gasteiger partial charge in [-0.2, -0.15) is 0 Å². The molecular weight excluding hydrogens is 322 g/mol. The average molecular weight is 352 g/mol. The highest BCUT2D eigenvalue weighted by molar-refractivity contribution is 5.95. The zero-order valence-corrected chi connectivity index (χ0v) is 16.7. The molecule has 1 unspecified atom stereocenters. The van der Waals surface area contributed by atoms with Crippen molar-refractivity contribution in [2.45, 2.75) is 65.5 Å². The Morgan fingerprint density at radius 3 is 2.00 bits per heavy atom. The number of nitrogens with zero attached hydrogens (tertiary/aromatic N) is 1. The lowest BCUT2D eigenvalue weighted by atomic mass is 9.91. The van der Waals surface area contributed by atoms with Gasteiger partial charge in [-0.25, -0.2) is 0 Å². The zero-order chi connectivity index (χ0) is 19.5. The lowest BCUT2D eigenvalue weighted by Crippen LogP contribution is -2.41. The monoisotopic (exact) mass is 352 g/mol. The van der Waals surface area contributed by atoms with Crippen LogP contribution in [-0.2, 0) is 11.6 Å². The Morgan fingerprint density at radius 2 is 1.50 bits per heavy atom. The van der Waals surface area contributed by atoms with Crippen LogP contribution in [0.4, 0.5) is 0 Å². The second kappa shape index (κ2) is 8.15. The van der Waals surface area contributed by atoms with Crippen molar-refractivity contribution >= 4 is 5.78 Å². The van der Waals surface area contributed by atoms with Crippen molar-refractivity contribution in [3.8, 4) is 0 Å². The lowest BCUT2D eigenvalue weighted by molar-refractivity contribution is -0.241. The van der Waals surface area contributed by atoms with Gasteiger partial charge < -0.3 is 0 Å². The molecule has 0 aromatic heterocycles. The number of Topliss-reactive ketones (excluding diaryl/α,β-unsaturated/α-hetero) is 1. The molecule has 26 heavy (non-hydrogen) atoms. The number of hydrogen-bond acceptors (Lipinski definition) is 2. The fourth-order valence-electron chi connectivity index (χ4n) is 3.16. The lowest BCUT2D eigenvalue weighted by Gasteiger charge is -2.35. The molecule has 0 saturated heterocycles. The van der Waals surface area contributed by atoms with Crippen LogP contribution in [0.1, 0.15) is 80.6 Å². The SMILES string of the molecule is CC(=O)c1ccccc1CC(c1ccc(C(C)C)cc1)N([O])C(C)(C)C. The molecule has 0 aliphatic rings. The van der Waals surface area contributed by atoms with Gasteiger partial charge in [0, 0.05) is 11.1 Å². The van der Waals surface area contributed by atoms with Gasteiger partial charge in [-0.1, -0.05) is 62.4 Å². The highest BCUT2D eigenvalue weighted by atomic mass is 16.5. The zero-order valence-electron chi connectivity index (χ0n) is 16.7. The van der Waals surface area contributed by atoms with E-state index in [0.29, 0.717) is 17.9 Å². The summed E-state index contributed by atoms with van der Waals surface area (Å²) >= 11 is 0. The van der Waals surface area contributed by atoms with Crippen molar-refractivity contribution in [3.05, 3.63) is 70.8 Å². The first-order valence-electron chi connectivity index (χ1n) is 9.26. The van der Waals surface area contributed by atoms with Crippen LogP contribution >= 0.6 is 0 Å². The topological polar surface area (TPSA) is 40.2 Å². The summed E-state index contributed by atoms with van der Waals surface area (Å²) in [4.78, 5) is 12.0. The van der Waals surface area contributed by atoms with Gasteiger partial charge in [-0.3, -0.25) is 4.79 Å². The van der Waals surface area contributed by atoms with Crippen LogP contribution in [0.3, 0.4) is 0 Å². The molecule has 0 bridgehead atoms. The second-order valence-electron chi connectivity index (χ2n) is 8.25. The number of rotatable bonds is 6. The first-order valence-corrected chi connectivity index (χ1v) is 9.26. The summed E-state index contributed by atoms with van der Waals surface area (Å²) < 4.78 is 0. The van der Waals surface area contributed by atoms with E-state index in [-0.39, 0.29) is 11.8 Å². The highest BCUT2D eigenvalue weighted by Gasteiger charge is 2.31. The van der Waals surface area contributed by atoms with Crippen molar-refractivity contribution in [3.63, 3.8) is 0 Å². The van der Waals surface area contributed by atoms with Gasteiger partial charge in [0.15, 0.2) is 5.78 Å². The quantitative estimate of drug-likeness (QED) is 0.491. The predicted molar refractivity (Wildman–Crippen MR) is 106 cm³/mol. The van der Waals surface area contributed by atoms with E-state index >= 15 is 0 Å².